The fraction of sp³-hybridized carbons (Fsp3) is 0.500. The molecule has 19 heavy (non-hydrogen) atoms. The van der Waals surface area contributed by atoms with E-state index in [9.17, 15) is 13.6 Å². The summed E-state index contributed by atoms with van der Waals surface area (Å²) in [5.41, 5.74) is 0.995. The molecular weight excluding hydrogens is 250 g/mol. The highest BCUT2D eigenvalue weighted by Gasteiger charge is 2.41. The zero-order chi connectivity index (χ0) is 13.9. The summed E-state index contributed by atoms with van der Waals surface area (Å²) in [4.78, 5) is 13.4. The normalized spacial score (nSPS) is 20.2. The molecule has 1 heterocycles. The molecule has 1 amide bonds. The van der Waals surface area contributed by atoms with Crippen molar-refractivity contribution < 1.29 is 13.6 Å². The van der Waals surface area contributed by atoms with Crippen LogP contribution in [-0.2, 0) is 11.3 Å². The van der Waals surface area contributed by atoms with E-state index in [-0.39, 0.29) is 25.4 Å². The number of rotatable bonds is 4. The van der Waals surface area contributed by atoms with Crippen molar-refractivity contribution in [1.82, 2.24) is 10.2 Å². The highest BCUT2D eigenvalue weighted by molar-refractivity contribution is 5.81. The van der Waals surface area contributed by atoms with E-state index < -0.39 is 12.0 Å². The Hall–Kier alpha value is -1.49. The van der Waals surface area contributed by atoms with Gasteiger partial charge in [-0.25, -0.2) is 8.78 Å². The zero-order valence-electron chi connectivity index (χ0n) is 10.9. The first-order chi connectivity index (χ1) is 8.98. The van der Waals surface area contributed by atoms with Crippen molar-refractivity contribution >= 4 is 5.91 Å². The van der Waals surface area contributed by atoms with Gasteiger partial charge in [0, 0.05) is 19.5 Å². The molecule has 0 aromatic heterocycles. The first-order valence-corrected chi connectivity index (χ1v) is 6.41. The van der Waals surface area contributed by atoms with Gasteiger partial charge in [0.05, 0.1) is 12.6 Å². The van der Waals surface area contributed by atoms with E-state index in [0.29, 0.717) is 6.54 Å². The summed E-state index contributed by atoms with van der Waals surface area (Å²) >= 11 is 0. The number of hydrogen-bond acceptors (Lipinski definition) is 2. The third kappa shape index (κ3) is 3.73. The maximum Gasteiger partial charge on any atom is 0.261 e. The van der Waals surface area contributed by atoms with Crippen molar-refractivity contribution in [3.63, 3.8) is 0 Å². The molecule has 5 heteroatoms. The van der Waals surface area contributed by atoms with Crippen LogP contribution in [-0.4, -0.2) is 35.9 Å². The molecule has 1 aliphatic heterocycles. The summed E-state index contributed by atoms with van der Waals surface area (Å²) in [6, 6.07) is 9.00. The number of amides is 1. The number of carbonyl (C=O) groups is 1. The molecule has 0 bridgehead atoms. The smallest absolute Gasteiger partial charge is 0.261 e. The molecule has 0 spiro atoms. The summed E-state index contributed by atoms with van der Waals surface area (Å²) in [6.45, 7) is 2.04. The number of benzene rings is 1. The molecule has 0 radical (unpaired) electrons. The summed E-state index contributed by atoms with van der Waals surface area (Å²) in [5.74, 6) is -2.87. The Bertz CT molecular complexity index is 436. The van der Waals surface area contributed by atoms with Gasteiger partial charge in [0.2, 0.25) is 5.91 Å². The van der Waals surface area contributed by atoms with Crippen LogP contribution in [0.5, 0.6) is 0 Å². The number of likely N-dealkylation sites (tertiary alicyclic amines) is 1. The molecule has 1 aliphatic rings. The van der Waals surface area contributed by atoms with Gasteiger partial charge in [-0.05, 0) is 12.5 Å². The molecular formula is C14H18F2N2O. The van der Waals surface area contributed by atoms with Gasteiger partial charge in [0.1, 0.15) is 0 Å². The molecule has 2 rings (SSSR count). The Morgan fingerprint density at radius 2 is 2.11 bits per heavy atom. The maximum absolute atomic E-state index is 13.1. The topological polar surface area (TPSA) is 32.3 Å². The fourth-order valence-electron chi connectivity index (χ4n) is 2.19. The second kappa shape index (κ2) is 5.65. The summed E-state index contributed by atoms with van der Waals surface area (Å²) in [7, 11) is 0. The number of alkyl halides is 2. The van der Waals surface area contributed by atoms with Gasteiger partial charge in [-0.1, -0.05) is 30.3 Å². The molecule has 1 fully saturated rings. The van der Waals surface area contributed by atoms with E-state index in [4.69, 9.17) is 0 Å². The zero-order valence-corrected chi connectivity index (χ0v) is 10.9. The van der Waals surface area contributed by atoms with Gasteiger partial charge in [0.15, 0.2) is 0 Å². The van der Waals surface area contributed by atoms with E-state index in [1.54, 1.807) is 6.92 Å². The second-order valence-electron chi connectivity index (χ2n) is 4.96. The average molecular weight is 268 g/mol. The standard InChI is InChI=1S/C14H18F2N2O/c1-11(18-8-7-14(15,16)10-18)13(19)17-9-12-5-3-2-4-6-12/h2-6,11H,7-10H2,1H3,(H,17,19)/t11-/m1/s1. The minimum atomic E-state index is -2.66. The minimum Gasteiger partial charge on any atom is -0.351 e. The maximum atomic E-state index is 13.1. The molecule has 0 aliphatic carbocycles. The van der Waals surface area contributed by atoms with Crippen LogP contribution < -0.4 is 5.32 Å². The molecule has 0 unspecified atom stereocenters. The third-order valence-electron chi connectivity index (χ3n) is 3.44. The van der Waals surface area contributed by atoms with Crippen LogP contribution in [0.2, 0.25) is 0 Å². The van der Waals surface area contributed by atoms with Crippen LogP contribution in [0.4, 0.5) is 8.78 Å². The highest BCUT2D eigenvalue weighted by atomic mass is 19.3. The minimum absolute atomic E-state index is 0.163. The largest absolute Gasteiger partial charge is 0.351 e. The molecule has 1 atom stereocenters. The molecule has 1 N–H and O–H groups in total. The Kier molecular flexibility index (Phi) is 4.14. The van der Waals surface area contributed by atoms with Crippen molar-refractivity contribution in [3.05, 3.63) is 35.9 Å². The quantitative estimate of drug-likeness (QED) is 0.906. The van der Waals surface area contributed by atoms with Crippen LogP contribution in [0, 0.1) is 0 Å². The van der Waals surface area contributed by atoms with Crippen LogP contribution in [0.15, 0.2) is 30.3 Å². The van der Waals surface area contributed by atoms with Gasteiger partial charge in [0.25, 0.3) is 5.92 Å². The number of nitrogens with one attached hydrogen (secondary N) is 1. The second-order valence-corrected chi connectivity index (χ2v) is 4.96. The fourth-order valence-corrected chi connectivity index (χ4v) is 2.19. The molecule has 3 nitrogen and oxygen atoms in total. The monoisotopic (exact) mass is 268 g/mol. The van der Waals surface area contributed by atoms with Crippen molar-refractivity contribution in [2.24, 2.45) is 0 Å². The summed E-state index contributed by atoms with van der Waals surface area (Å²) < 4.78 is 26.2. The number of halogens is 2. The highest BCUT2D eigenvalue weighted by Crippen LogP contribution is 2.28. The predicted molar refractivity (Wildman–Crippen MR) is 68.9 cm³/mol. The van der Waals surface area contributed by atoms with Gasteiger partial charge in [-0.2, -0.15) is 0 Å². The van der Waals surface area contributed by atoms with Crippen molar-refractivity contribution in [2.75, 3.05) is 13.1 Å². The SMILES string of the molecule is C[C@H](C(=O)NCc1ccccc1)N1CCC(F)(F)C1. The van der Waals surface area contributed by atoms with Crippen LogP contribution in [0.1, 0.15) is 18.9 Å². The molecule has 1 aromatic rings. The van der Waals surface area contributed by atoms with Crippen molar-refractivity contribution in [2.45, 2.75) is 31.9 Å². The Balaban J connectivity index is 1.83. The number of nitrogens with zero attached hydrogens (tertiary/aromatic N) is 1. The van der Waals surface area contributed by atoms with E-state index >= 15 is 0 Å². The third-order valence-corrected chi connectivity index (χ3v) is 3.44. The van der Waals surface area contributed by atoms with Gasteiger partial charge in [-0.3, -0.25) is 9.69 Å². The Morgan fingerprint density at radius 3 is 2.68 bits per heavy atom. The van der Waals surface area contributed by atoms with Crippen molar-refractivity contribution in [3.8, 4) is 0 Å². The molecule has 1 aromatic carbocycles. The van der Waals surface area contributed by atoms with E-state index in [1.165, 1.54) is 4.90 Å². The molecule has 104 valence electrons. The van der Waals surface area contributed by atoms with E-state index in [1.807, 2.05) is 30.3 Å². The first-order valence-electron chi connectivity index (χ1n) is 6.41. The van der Waals surface area contributed by atoms with Gasteiger partial charge in [-0.15, -0.1) is 0 Å². The lowest BCUT2D eigenvalue weighted by Crippen LogP contribution is -2.44. The Morgan fingerprint density at radius 1 is 1.42 bits per heavy atom. The van der Waals surface area contributed by atoms with E-state index in [2.05, 4.69) is 5.32 Å². The van der Waals surface area contributed by atoms with Crippen LogP contribution in [0.25, 0.3) is 0 Å². The predicted octanol–water partition coefficient (Wildman–Crippen LogP) is 2.03. The van der Waals surface area contributed by atoms with Crippen LogP contribution >= 0.6 is 0 Å². The summed E-state index contributed by atoms with van der Waals surface area (Å²) in [6.07, 6.45) is -0.163. The van der Waals surface area contributed by atoms with Crippen molar-refractivity contribution in [1.29, 1.82) is 0 Å². The number of carbonyl (C=O) groups excluding carboxylic acids is 1. The molecule has 0 saturated carbocycles. The van der Waals surface area contributed by atoms with E-state index in [0.717, 1.165) is 5.56 Å². The molecule has 1 saturated heterocycles. The number of hydrogen-bond donors (Lipinski definition) is 1. The van der Waals surface area contributed by atoms with Gasteiger partial charge < -0.3 is 5.32 Å². The Labute approximate surface area is 111 Å². The van der Waals surface area contributed by atoms with Gasteiger partial charge >= 0.3 is 0 Å². The average Bonchev–Trinajstić information content (AvgIpc) is 2.76. The lowest BCUT2D eigenvalue weighted by atomic mass is 10.2. The summed E-state index contributed by atoms with van der Waals surface area (Å²) in [5, 5.41) is 2.78. The van der Waals surface area contributed by atoms with Crippen LogP contribution in [0.3, 0.4) is 0 Å². The first kappa shape index (κ1) is 13.9. The lowest BCUT2D eigenvalue weighted by Gasteiger charge is -2.23. The lowest BCUT2D eigenvalue weighted by molar-refractivity contribution is -0.126.